The Morgan fingerprint density at radius 2 is 1.50 bits per heavy atom. The van der Waals surface area contributed by atoms with Crippen LogP contribution in [0.25, 0.3) is 16.5 Å². The zero-order valence-electron chi connectivity index (χ0n) is 13.7. The zero-order valence-corrected chi connectivity index (χ0v) is 15.2. The zero-order chi connectivity index (χ0) is 18.1. The Kier molecular flexibility index (Phi) is 4.49. The maximum atomic E-state index is 12.9. The van der Waals surface area contributed by atoms with Crippen LogP contribution in [-0.4, -0.2) is 9.78 Å². The second-order valence-electron chi connectivity index (χ2n) is 5.97. The summed E-state index contributed by atoms with van der Waals surface area (Å²) in [5, 5.41) is 7.15. The van der Waals surface area contributed by atoms with Crippen LogP contribution in [0.2, 0.25) is 10.0 Å². The Morgan fingerprint density at radius 1 is 0.808 bits per heavy atom. The van der Waals surface area contributed by atoms with Gasteiger partial charge in [0, 0.05) is 11.8 Å². The van der Waals surface area contributed by atoms with E-state index in [2.05, 4.69) is 5.10 Å². The number of hydrogen-bond acceptors (Lipinski definition) is 2. The lowest BCUT2D eigenvalue weighted by Crippen LogP contribution is -2.23. The minimum Gasteiger partial charge on any atom is -0.267 e. The standard InChI is InChI=1S/C21H14Cl2N2O/c22-18-11-10-14(12-19(18)23)13-20-16-8-4-5-9-17(16)21(26)25(24-20)15-6-2-1-3-7-15/h1-12H,13H2. The third-order valence-corrected chi connectivity index (χ3v) is 4.98. The van der Waals surface area contributed by atoms with E-state index in [1.807, 2.05) is 66.7 Å². The molecular formula is C21H14Cl2N2O. The van der Waals surface area contributed by atoms with Gasteiger partial charge in [-0.15, -0.1) is 0 Å². The Labute approximate surface area is 160 Å². The van der Waals surface area contributed by atoms with Crippen LogP contribution in [0.1, 0.15) is 11.3 Å². The normalized spacial score (nSPS) is 11.0. The number of rotatable bonds is 3. The maximum Gasteiger partial charge on any atom is 0.279 e. The van der Waals surface area contributed by atoms with E-state index in [0.29, 0.717) is 21.9 Å². The lowest BCUT2D eigenvalue weighted by Gasteiger charge is -2.11. The van der Waals surface area contributed by atoms with Crippen molar-refractivity contribution in [3.63, 3.8) is 0 Å². The van der Waals surface area contributed by atoms with Gasteiger partial charge in [0.15, 0.2) is 0 Å². The van der Waals surface area contributed by atoms with Crippen molar-refractivity contribution in [3.8, 4) is 5.69 Å². The van der Waals surface area contributed by atoms with Crippen LogP contribution in [-0.2, 0) is 6.42 Å². The number of benzene rings is 3. The van der Waals surface area contributed by atoms with Gasteiger partial charge in [-0.1, -0.05) is 65.7 Å². The Bertz CT molecular complexity index is 1150. The Morgan fingerprint density at radius 3 is 2.23 bits per heavy atom. The first-order valence-electron chi connectivity index (χ1n) is 8.14. The fourth-order valence-corrected chi connectivity index (χ4v) is 3.29. The summed E-state index contributed by atoms with van der Waals surface area (Å²) in [6.07, 6.45) is 0.546. The summed E-state index contributed by atoms with van der Waals surface area (Å²) in [5.74, 6) is 0. The van der Waals surface area contributed by atoms with Crippen LogP contribution in [0.3, 0.4) is 0 Å². The van der Waals surface area contributed by atoms with Crippen LogP contribution in [0, 0.1) is 0 Å². The van der Waals surface area contributed by atoms with Gasteiger partial charge in [0.1, 0.15) is 0 Å². The number of nitrogens with zero attached hydrogens (tertiary/aromatic N) is 2. The molecule has 4 rings (SSSR count). The van der Waals surface area contributed by atoms with Gasteiger partial charge in [0.25, 0.3) is 5.56 Å². The van der Waals surface area contributed by atoms with Crippen LogP contribution < -0.4 is 5.56 Å². The van der Waals surface area contributed by atoms with Crippen molar-refractivity contribution in [1.82, 2.24) is 9.78 Å². The predicted octanol–water partition coefficient (Wildman–Crippen LogP) is 5.28. The quantitative estimate of drug-likeness (QED) is 0.484. The molecule has 0 unspecified atom stereocenters. The third kappa shape index (κ3) is 3.12. The Balaban J connectivity index is 1.92. The molecule has 26 heavy (non-hydrogen) atoms. The van der Waals surface area contributed by atoms with Gasteiger partial charge in [0.05, 0.1) is 26.8 Å². The molecule has 3 aromatic carbocycles. The van der Waals surface area contributed by atoms with Crippen LogP contribution in [0.15, 0.2) is 77.6 Å². The molecule has 5 heteroatoms. The van der Waals surface area contributed by atoms with Crippen LogP contribution in [0.5, 0.6) is 0 Å². The number of para-hydroxylation sites is 1. The molecule has 0 fully saturated rings. The van der Waals surface area contributed by atoms with E-state index in [9.17, 15) is 4.79 Å². The number of aromatic nitrogens is 2. The minimum atomic E-state index is -0.135. The highest BCUT2D eigenvalue weighted by Crippen LogP contribution is 2.25. The van der Waals surface area contributed by atoms with Crippen molar-refractivity contribution >= 4 is 34.0 Å². The van der Waals surface area contributed by atoms with Gasteiger partial charge < -0.3 is 0 Å². The molecule has 0 N–H and O–H groups in total. The number of fused-ring (bicyclic) bond motifs is 1. The summed E-state index contributed by atoms with van der Waals surface area (Å²) in [6.45, 7) is 0. The lowest BCUT2D eigenvalue weighted by atomic mass is 10.0. The summed E-state index contributed by atoms with van der Waals surface area (Å²) < 4.78 is 1.45. The maximum absolute atomic E-state index is 12.9. The van der Waals surface area contributed by atoms with E-state index < -0.39 is 0 Å². The molecule has 3 nitrogen and oxygen atoms in total. The summed E-state index contributed by atoms with van der Waals surface area (Å²) in [6, 6.07) is 22.5. The van der Waals surface area contributed by atoms with Crippen molar-refractivity contribution in [1.29, 1.82) is 0 Å². The largest absolute Gasteiger partial charge is 0.279 e. The monoisotopic (exact) mass is 380 g/mol. The van der Waals surface area contributed by atoms with E-state index in [4.69, 9.17) is 23.2 Å². The molecular weight excluding hydrogens is 367 g/mol. The van der Waals surface area contributed by atoms with E-state index >= 15 is 0 Å². The first kappa shape index (κ1) is 16.8. The number of halogens is 2. The second-order valence-corrected chi connectivity index (χ2v) is 6.78. The summed E-state index contributed by atoms with van der Waals surface area (Å²) >= 11 is 12.2. The van der Waals surface area contributed by atoms with Crippen molar-refractivity contribution in [3.05, 3.63) is 104 Å². The summed E-state index contributed by atoms with van der Waals surface area (Å²) in [7, 11) is 0. The highest BCUT2D eigenvalue weighted by atomic mass is 35.5. The van der Waals surface area contributed by atoms with Crippen molar-refractivity contribution in [2.45, 2.75) is 6.42 Å². The topological polar surface area (TPSA) is 34.9 Å². The molecule has 0 saturated carbocycles. The number of hydrogen-bond donors (Lipinski definition) is 0. The smallest absolute Gasteiger partial charge is 0.267 e. The molecule has 1 heterocycles. The molecule has 0 aliphatic carbocycles. The second kappa shape index (κ2) is 6.94. The first-order valence-corrected chi connectivity index (χ1v) is 8.89. The van der Waals surface area contributed by atoms with E-state index in [1.165, 1.54) is 4.68 Å². The van der Waals surface area contributed by atoms with Gasteiger partial charge in [-0.3, -0.25) is 4.79 Å². The highest BCUT2D eigenvalue weighted by molar-refractivity contribution is 6.42. The average molecular weight is 381 g/mol. The fourth-order valence-electron chi connectivity index (χ4n) is 2.97. The van der Waals surface area contributed by atoms with Gasteiger partial charge in [-0.05, 0) is 35.9 Å². The molecule has 0 aliphatic heterocycles. The summed E-state index contributed by atoms with van der Waals surface area (Å²) in [5.41, 5.74) is 2.39. The van der Waals surface area contributed by atoms with Crippen molar-refractivity contribution in [2.24, 2.45) is 0 Å². The van der Waals surface area contributed by atoms with E-state index in [1.54, 1.807) is 6.07 Å². The lowest BCUT2D eigenvalue weighted by molar-refractivity contribution is 0.787. The molecule has 0 amide bonds. The molecule has 0 bridgehead atoms. The summed E-state index contributed by atoms with van der Waals surface area (Å²) in [4.78, 5) is 12.9. The third-order valence-electron chi connectivity index (χ3n) is 4.24. The molecule has 0 atom stereocenters. The molecule has 1 aromatic heterocycles. The van der Waals surface area contributed by atoms with Crippen LogP contribution >= 0.6 is 23.2 Å². The van der Waals surface area contributed by atoms with Gasteiger partial charge in [0.2, 0.25) is 0 Å². The molecule has 0 saturated heterocycles. The minimum absolute atomic E-state index is 0.135. The van der Waals surface area contributed by atoms with Gasteiger partial charge >= 0.3 is 0 Å². The predicted molar refractivity (Wildman–Crippen MR) is 107 cm³/mol. The van der Waals surface area contributed by atoms with Crippen LogP contribution in [0.4, 0.5) is 0 Å². The molecule has 128 valence electrons. The van der Waals surface area contributed by atoms with E-state index in [0.717, 1.165) is 22.3 Å². The molecule has 0 radical (unpaired) electrons. The first-order chi connectivity index (χ1) is 12.6. The van der Waals surface area contributed by atoms with Gasteiger partial charge in [-0.2, -0.15) is 9.78 Å². The molecule has 0 aliphatic rings. The average Bonchev–Trinajstić information content (AvgIpc) is 2.68. The molecule has 4 aromatic rings. The van der Waals surface area contributed by atoms with Crippen molar-refractivity contribution in [2.75, 3.05) is 0 Å². The highest BCUT2D eigenvalue weighted by Gasteiger charge is 2.12. The SMILES string of the molecule is O=c1c2ccccc2c(Cc2ccc(Cl)c(Cl)c2)nn1-c1ccccc1. The fraction of sp³-hybridized carbons (Fsp3) is 0.0476. The molecule has 0 spiro atoms. The Hall–Kier alpha value is -2.62. The van der Waals surface area contributed by atoms with Gasteiger partial charge in [-0.25, -0.2) is 0 Å². The van der Waals surface area contributed by atoms with E-state index in [-0.39, 0.29) is 5.56 Å². The van der Waals surface area contributed by atoms with Crippen molar-refractivity contribution < 1.29 is 0 Å².